The van der Waals surface area contributed by atoms with E-state index in [0.717, 1.165) is 49.1 Å². The summed E-state index contributed by atoms with van der Waals surface area (Å²) in [7, 11) is 0. The van der Waals surface area contributed by atoms with E-state index in [1.807, 2.05) is 25.1 Å². The summed E-state index contributed by atoms with van der Waals surface area (Å²) in [6.45, 7) is 5.35. The highest BCUT2D eigenvalue weighted by Crippen LogP contribution is 2.42. The molecule has 0 bridgehead atoms. The maximum atomic E-state index is 6.10. The number of hydrogen-bond acceptors (Lipinski definition) is 7. The Hall–Kier alpha value is -1.73. The first-order valence-electron chi connectivity index (χ1n) is 8.46. The van der Waals surface area contributed by atoms with Gasteiger partial charge in [0, 0.05) is 37.4 Å². The zero-order valence-electron chi connectivity index (χ0n) is 13.9. The van der Waals surface area contributed by atoms with Crippen LogP contribution in [-0.2, 0) is 4.74 Å². The Kier molecular flexibility index (Phi) is 4.37. The quantitative estimate of drug-likeness (QED) is 0.848. The minimum atomic E-state index is -0.00635. The molecule has 0 radical (unpaired) electrons. The van der Waals surface area contributed by atoms with E-state index in [2.05, 4.69) is 20.1 Å². The number of rotatable bonds is 4. The fourth-order valence-corrected chi connectivity index (χ4v) is 4.44. The fourth-order valence-electron chi connectivity index (χ4n) is 3.73. The first-order valence-corrected chi connectivity index (χ1v) is 9.27. The molecule has 2 aromatic heterocycles. The third-order valence-corrected chi connectivity index (χ3v) is 5.82. The van der Waals surface area contributed by atoms with E-state index in [0.29, 0.717) is 12.5 Å². The van der Waals surface area contributed by atoms with Crippen molar-refractivity contribution in [1.29, 1.82) is 0 Å². The number of piperidine rings is 1. The van der Waals surface area contributed by atoms with E-state index >= 15 is 0 Å². The van der Waals surface area contributed by atoms with E-state index in [1.165, 1.54) is 0 Å². The lowest BCUT2D eigenvalue weighted by Gasteiger charge is -2.49. The Morgan fingerprint density at radius 1 is 1.42 bits per heavy atom. The van der Waals surface area contributed by atoms with Crippen LogP contribution in [0, 0.1) is 12.3 Å². The first kappa shape index (κ1) is 15.8. The summed E-state index contributed by atoms with van der Waals surface area (Å²) < 4.78 is 12.1. The van der Waals surface area contributed by atoms with Gasteiger partial charge in [0.25, 0.3) is 0 Å². The van der Waals surface area contributed by atoms with Crippen LogP contribution < -0.4 is 9.64 Å². The summed E-state index contributed by atoms with van der Waals surface area (Å²) in [4.78, 5) is 6.63. The van der Waals surface area contributed by atoms with Crippen LogP contribution in [0.15, 0.2) is 24.4 Å². The number of hydrogen-bond donors (Lipinski definition) is 0. The third kappa shape index (κ3) is 3.10. The number of aryl methyl sites for hydroxylation is 1. The van der Waals surface area contributed by atoms with Gasteiger partial charge in [0.2, 0.25) is 11.0 Å². The van der Waals surface area contributed by atoms with Crippen LogP contribution in [0.3, 0.4) is 0 Å². The van der Waals surface area contributed by atoms with Gasteiger partial charge in [-0.05, 0) is 32.3 Å². The summed E-state index contributed by atoms with van der Waals surface area (Å²) in [6.07, 6.45) is 5.20. The Morgan fingerprint density at radius 2 is 2.38 bits per heavy atom. The number of fused-ring (bicyclic) bond motifs is 1. The monoisotopic (exact) mass is 346 g/mol. The Morgan fingerprint density at radius 3 is 3.17 bits per heavy atom. The number of anilines is 1. The SMILES string of the molecule is Cc1nnc(N2CC[C@H]3OCCC[C@]3(COc3ccccn3)C2)s1. The predicted octanol–water partition coefficient (Wildman–Crippen LogP) is 2.70. The predicted molar refractivity (Wildman–Crippen MR) is 92.6 cm³/mol. The highest BCUT2D eigenvalue weighted by Gasteiger charge is 2.47. The standard InChI is InChI=1S/C17H22N4O2S/c1-13-19-20-16(24-13)21-9-6-14-17(11-21,7-4-10-22-14)12-23-15-5-2-3-8-18-15/h2-3,5,8,14H,4,6-7,9-12H2,1H3/t14-,17-/m1/s1. The molecular weight excluding hydrogens is 324 g/mol. The van der Waals surface area contributed by atoms with Gasteiger partial charge >= 0.3 is 0 Å². The number of pyridine rings is 1. The van der Waals surface area contributed by atoms with Gasteiger partial charge in [0.1, 0.15) is 5.01 Å². The molecule has 2 saturated heterocycles. The molecule has 2 atom stereocenters. The smallest absolute Gasteiger partial charge is 0.213 e. The number of ether oxygens (including phenoxy) is 2. The van der Waals surface area contributed by atoms with Crippen molar-refractivity contribution in [3.63, 3.8) is 0 Å². The Labute approximate surface area is 145 Å². The molecule has 128 valence electrons. The summed E-state index contributed by atoms with van der Waals surface area (Å²) in [6, 6.07) is 5.76. The largest absolute Gasteiger partial charge is 0.477 e. The van der Waals surface area contributed by atoms with Gasteiger partial charge in [-0.15, -0.1) is 10.2 Å². The van der Waals surface area contributed by atoms with Crippen molar-refractivity contribution in [1.82, 2.24) is 15.2 Å². The van der Waals surface area contributed by atoms with Gasteiger partial charge in [-0.3, -0.25) is 0 Å². The van der Waals surface area contributed by atoms with Gasteiger partial charge in [-0.2, -0.15) is 0 Å². The molecule has 0 aliphatic carbocycles. The zero-order valence-corrected chi connectivity index (χ0v) is 14.7. The van der Waals surface area contributed by atoms with Crippen molar-refractivity contribution in [3.8, 4) is 5.88 Å². The van der Waals surface area contributed by atoms with Crippen LogP contribution in [0.2, 0.25) is 0 Å². The van der Waals surface area contributed by atoms with Crippen molar-refractivity contribution in [3.05, 3.63) is 29.4 Å². The maximum absolute atomic E-state index is 6.10. The second-order valence-corrected chi connectivity index (χ2v) is 7.76. The highest BCUT2D eigenvalue weighted by atomic mass is 32.1. The summed E-state index contributed by atoms with van der Waals surface area (Å²) in [5.74, 6) is 0.681. The van der Waals surface area contributed by atoms with Crippen molar-refractivity contribution in [2.24, 2.45) is 5.41 Å². The molecule has 0 N–H and O–H groups in total. The van der Waals surface area contributed by atoms with Crippen LogP contribution in [0.25, 0.3) is 0 Å². The molecule has 2 aliphatic rings. The molecule has 2 fully saturated rings. The lowest BCUT2D eigenvalue weighted by molar-refractivity contribution is -0.110. The molecule has 4 heterocycles. The zero-order chi connectivity index (χ0) is 16.4. The topological polar surface area (TPSA) is 60.4 Å². The van der Waals surface area contributed by atoms with Crippen LogP contribution in [0.1, 0.15) is 24.3 Å². The van der Waals surface area contributed by atoms with Gasteiger partial charge < -0.3 is 14.4 Å². The fraction of sp³-hybridized carbons (Fsp3) is 0.588. The Balaban J connectivity index is 1.53. The summed E-state index contributed by atoms with van der Waals surface area (Å²) in [5.41, 5.74) is -0.00635. The number of aromatic nitrogens is 3. The lowest BCUT2D eigenvalue weighted by Crippen LogP contribution is -2.57. The van der Waals surface area contributed by atoms with Gasteiger partial charge in [-0.25, -0.2) is 4.98 Å². The first-order chi connectivity index (χ1) is 11.8. The second-order valence-electron chi connectivity index (χ2n) is 6.60. The van der Waals surface area contributed by atoms with E-state index in [4.69, 9.17) is 9.47 Å². The summed E-state index contributed by atoms with van der Waals surface area (Å²) >= 11 is 1.66. The van der Waals surface area contributed by atoms with Crippen LogP contribution in [-0.4, -0.2) is 47.6 Å². The third-order valence-electron chi connectivity index (χ3n) is 4.92. The van der Waals surface area contributed by atoms with E-state index < -0.39 is 0 Å². The highest BCUT2D eigenvalue weighted by molar-refractivity contribution is 7.15. The normalized spacial score (nSPS) is 26.9. The number of nitrogens with zero attached hydrogens (tertiary/aromatic N) is 4. The molecular formula is C17H22N4O2S. The maximum Gasteiger partial charge on any atom is 0.213 e. The van der Waals surface area contributed by atoms with Gasteiger partial charge in [-0.1, -0.05) is 17.4 Å². The molecule has 24 heavy (non-hydrogen) atoms. The molecule has 0 saturated carbocycles. The van der Waals surface area contributed by atoms with E-state index in [1.54, 1.807) is 17.5 Å². The van der Waals surface area contributed by atoms with Crippen LogP contribution in [0.4, 0.5) is 5.13 Å². The Bertz CT molecular complexity index is 680. The molecule has 0 unspecified atom stereocenters. The van der Waals surface area contributed by atoms with Crippen molar-refractivity contribution in [2.75, 3.05) is 31.2 Å². The van der Waals surface area contributed by atoms with E-state index in [9.17, 15) is 0 Å². The molecule has 6 nitrogen and oxygen atoms in total. The van der Waals surface area contributed by atoms with E-state index in [-0.39, 0.29) is 11.5 Å². The molecule has 0 spiro atoms. The average molecular weight is 346 g/mol. The molecule has 4 rings (SSSR count). The van der Waals surface area contributed by atoms with Crippen molar-refractivity contribution >= 4 is 16.5 Å². The van der Waals surface area contributed by atoms with Gasteiger partial charge in [0.05, 0.1) is 12.7 Å². The summed E-state index contributed by atoms with van der Waals surface area (Å²) in [5, 5.41) is 10.5. The lowest BCUT2D eigenvalue weighted by atomic mass is 9.73. The van der Waals surface area contributed by atoms with Crippen molar-refractivity contribution < 1.29 is 9.47 Å². The van der Waals surface area contributed by atoms with Crippen LogP contribution in [0.5, 0.6) is 5.88 Å². The minimum absolute atomic E-state index is 0.00635. The van der Waals surface area contributed by atoms with Crippen LogP contribution >= 0.6 is 11.3 Å². The average Bonchev–Trinajstić information content (AvgIpc) is 3.07. The molecule has 0 aromatic carbocycles. The molecule has 2 aromatic rings. The minimum Gasteiger partial charge on any atom is -0.477 e. The van der Waals surface area contributed by atoms with Gasteiger partial charge in [0.15, 0.2) is 0 Å². The molecule has 2 aliphatic heterocycles. The second kappa shape index (κ2) is 6.64. The van der Waals surface area contributed by atoms with Crippen molar-refractivity contribution in [2.45, 2.75) is 32.3 Å². The molecule has 0 amide bonds. The molecule has 7 heteroatoms.